The predicted octanol–water partition coefficient (Wildman–Crippen LogP) is 2.93. The van der Waals surface area contributed by atoms with Crippen molar-refractivity contribution in [3.8, 4) is 0 Å². The van der Waals surface area contributed by atoms with Gasteiger partial charge >= 0.3 is 6.18 Å². The Morgan fingerprint density at radius 1 is 1.09 bits per heavy atom. The summed E-state index contributed by atoms with van der Waals surface area (Å²) in [4.78, 5) is 0. The molecule has 0 aliphatic rings. The van der Waals surface area contributed by atoms with Gasteiger partial charge in [-0.1, -0.05) is 6.92 Å². The van der Waals surface area contributed by atoms with Crippen molar-refractivity contribution in [3.63, 3.8) is 0 Å². The van der Waals surface area contributed by atoms with Gasteiger partial charge in [-0.2, -0.15) is 13.2 Å². The number of rotatable bonds is 2. The molecule has 0 radical (unpaired) electrons. The Kier molecular flexibility index (Phi) is 2.79. The third-order valence-electron chi connectivity index (χ3n) is 1.13. The average molecular weight is 180 g/mol. The molecule has 0 unspecified atom stereocenters. The Bertz CT molecular complexity index is 125. The molecule has 0 bridgehead atoms. The van der Waals surface area contributed by atoms with Crippen LogP contribution in [0.2, 0.25) is 0 Å². The third kappa shape index (κ3) is 2.59. The van der Waals surface area contributed by atoms with Crippen LogP contribution in [0.5, 0.6) is 0 Å². The van der Waals surface area contributed by atoms with E-state index >= 15 is 0 Å². The monoisotopic (exact) mass is 180 g/mol. The van der Waals surface area contributed by atoms with Gasteiger partial charge in [0, 0.05) is 6.42 Å². The Labute approximate surface area is 59.2 Å². The van der Waals surface area contributed by atoms with Crippen LogP contribution >= 0.6 is 0 Å². The molecular weight excluding hydrogens is 174 g/mol. The Morgan fingerprint density at radius 2 is 1.45 bits per heavy atom. The van der Waals surface area contributed by atoms with Crippen LogP contribution in [0.1, 0.15) is 13.3 Å². The summed E-state index contributed by atoms with van der Waals surface area (Å²) in [6.07, 6.45) is -10.7. The summed E-state index contributed by atoms with van der Waals surface area (Å²) in [5.41, 5.74) is 0. The highest BCUT2D eigenvalue weighted by molar-refractivity contribution is 4.81. The molecule has 11 heavy (non-hydrogen) atoms. The van der Waals surface area contributed by atoms with Gasteiger partial charge in [-0.05, 0) is 0 Å². The largest absolute Gasteiger partial charge is 0.425 e. The standard InChI is InChI=1S/C5H6F6/c1-2-4(7,8)3(6)5(9,10)11/h3H,2H2,1H3/t3-/m0/s1. The van der Waals surface area contributed by atoms with Crippen molar-refractivity contribution in [2.45, 2.75) is 31.6 Å². The molecule has 0 saturated heterocycles. The van der Waals surface area contributed by atoms with E-state index in [0.29, 0.717) is 0 Å². The summed E-state index contributed by atoms with van der Waals surface area (Å²) in [6, 6.07) is 0. The minimum atomic E-state index is -5.47. The lowest BCUT2D eigenvalue weighted by Gasteiger charge is -2.20. The Balaban J connectivity index is 4.35. The predicted molar refractivity (Wildman–Crippen MR) is 26.2 cm³/mol. The van der Waals surface area contributed by atoms with Crippen LogP contribution in [0.25, 0.3) is 0 Å². The molecule has 0 saturated carbocycles. The molecule has 0 heterocycles. The van der Waals surface area contributed by atoms with E-state index in [1.54, 1.807) is 0 Å². The molecule has 0 nitrogen and oxygen atoms in total. The zero-order valence-corrected chi connectivity index (χ0v) is 5.55. The van der Waals surface area contributed by atoms with Crippen molar-refractivity contribution < 1.29 is 26.3 Å². The molecule has 0 aromatic carbocycles. The van der Waals surface area contributed by atoms with E-state index in [-0.39, 0.29) is 0 Å². The van der Waals surface area contributed by atoms with Gasteiger partial charge in [-0.15, -0.1) is 0 Å². The highest BCUT2D eigenvalue weighted by Gasteiger charge is 2.55. The van der Waals surface area contributed by atoms with Crippen molar-refractivity contribution in [1.82, 2.24) is 0 Å². The third-order valence-corrected chi connectivity index (χ3v) is 1.13. The maximum absolute atomic E-state index is 11.9. The van der Waals surface area contributed by atoms with Crippen LogP contribution in [-0.4, -0.2) is 18.3 Å². The fraction of sp³-hybridized carbons (Fsp3) is 1.00. The molecule has 0 aromatic rings. The van der Waals surface area contributed by atoms with Crippen LogP contribution in [-0.2, 0) is 0 Å². The molecule has 0 aromatic heterocycles. The van der Waals surface area contributed by atoms with Crippen molar-refractivity contribution in [2.75, 3.05) is 0 Å². The lowest BCUT2D eigenvalue weighted by Crippen LogP contribution is -2.40. The summed E-state index contributed by atoms with van der Waals surface area (Å²) in [5.74, 6) is -4.31. The first-order valence-electron chi connectivity index (χ1n) is 2.80. The summed E-state index contributed by atoms with van der Waals surface area (Å²) >= 11 is 0. The van der Waals surface area contributed by atoms with Crippen LogP contribution in [0.15, 0.2) is 0 Å². The second kappa shape index (κ2) is 2.91. The maximum Gasteiger partial charge on any atom is 0.425 e. The molecule has 1 atom stereocenters. The molecule has 0 fully saturated rings. The molecular formula is C5H6F6. The molecule has 0 amide bonds. The fourth-order valence-electron chi connectivity index (χ4n) is 0.419. The molecule has 6 heteroatoms. The minimum Gasteiger partial charge on any atom is -0.231 e. The average Bonchev–Trinajstić information content (AvgIpc) is 1.84. The lowest BCUT2D eigenvalue weighted by molar-refractivity contribution is -0.244. The van der Waals surface area contributed by atoms with Gasteiger partial charge in [0.05, 0.1) is 0 Å². The first kappa shape index (κ1) is 10.6. The summed E-state index contributed by atoms with van der Waals surface area (Å²) in [6.45, 7) is 0.790. The van der Waals surface area contributed by atoms with Gasteiger partial charge < -0.3 is 0 Å². The van der Waals surface area contributed by atoms with Crippen LogP contribution < -0.4 is 0 Å². The SMILES string of the molecule is CCC(F)(F)[C@H](F)C(F)(F)F. The number of halogens is 6. The van der Waals surface area contributed by atoms with E-state index in [1.807, 2.05) is 0 Å². The van der Waals surface area contributed by atoms with Crippen molar-refractivity contribution >= 4 is 0 Å². The van der Waals surface area contributed by atoms with Gasteiger partial charge in [0.15, 0.2) is 0 Å². The molecule has 0 aliphatic heterocycles. The van der Waals surface area contributed by atoms with Gasteiger partial charge in [0.1, 0.15) is 0 Å². The molecule has 0 aliphatic carbocycles. The molecule has 0 N–H and O–H groups in total. The Morgan fingerprint density at radius 3 is 1.55 bits per heavy atom. The van der Waals surface area contributed by atoms with Crippen LogP contribution in [0.3, 0.4) is 0 Å². The highest BCUT2D eigenvalue weighted by atomic mass is 19.4. The quantitative estimate of drug-likeness (QED) is 0.573. The van der Waals surface area contributed by atoms with E-state index in [1.165, 1.54) is 0 Å². The van der Waals surface area contributed by atoms with E-state index in [0.717, 1.165) is 6.92 Å². The first-order valence-corrected chi connectivity index (χ1v) is 2.80. The summed E-state index contributed by atoms with van der Waals surface area (Å²) in [7, 11) is 0. The fourth-order valence-corrected chi connectivity index (χ4v) is 0.419. The van der Waals surface area contributed by atoms with Crippen molar-refractivity contribution in [3.05, 3.63) is 0 Å². The van der Waals surface area contributed by atoms with E-state index in [2.05, 4.69) is 0 Å². The van der Waals surface area contributed by atoms with Crippen molar-refractivity contribution in [2.24, 2.45) is 0 Å². The van der Waals surface area contributed by atoms with Crippen molar-refractivity contribution in [1.29, 1.82) is 0 Å². The van der Waals surface area contributed by atoms with E-state index in [4.69, 9.17) is 0 Å². The second-order valence-corrected chi connectivity index (χ2v) is 2.02. The maximum atomic E-state index is 11.9. The zero-order chi connectivity index (χ0) is 9.28. The topological polar surface area (TPSA) is 0 Å². The van der Waals surface area contributed by atoms with Gasteiger partial charge in [-0.3, -0.25) is 0 Å². The zero-order valence-electron chi connectivity index (χ0n) is 5.55. The minimum absolute atomic E-state index is 0.790. The normalized spacial score (nSPS) is 16.6. The second-order valence-electron chi connectivity index (χ2n) is 2.02. The lowest BCUT2D eigenvalue weighted by atomic mass is 10.1. The number of hydrogen-bond donors (Lipinski definition) is 0. The highest BCUT2D eigenvalue weighted by Crippen LogP contribution is 2.36. The molecule has 0 spiro atoms. The smallest absolute Gasteiger partial charge is 0.231 e. The number of alkyl halides is 6. The van der Waals surface area contributed by atoms with Crippen LogP contribution in [0, 0.1) is 0 Å². The van der Waals surface area contributed by atoms with Gasteiger partial charge in [0.2, 0.25) is 0 Å². The Hall–Kier alpha value is -0.420. The van der Waals surface area contributed by atoms with Crippen LogP contribution in [0.4, 0.5) is 26.3 Å². The molecule has 0 rings (SSSR count). The number of hydrogen-bond acceptors (Lipinski definition) is 0. The van der Waals surface area contributed by atoms with E-state index in [9.17, 15) is 26.3 Å². The van der Waals surface area contributed by atoms with Gasteiger partial charge in [-0.25, -0.2) is 13.2 Å². The van der Waals surface area contributed by atoms with Gasteiger partial charge in [0.25, 0.3) is 12.1 Å². The molecule has 68 valence electrons. The summed E-state index contributed by atoms with van der Waals surface area (Å²) in [5, 5.41) is 0. The first-order chi connectivity index (χ1) is 4.72. The summed E-state index contributed by atoms with van der Waals surface area (Å²) < 4.78 is 69.5. The van der Waals surface area contributed by atoms with E-state index < -0.39 is 24.7 Å².